The van der Waals surface area contributed by atoms with Crippen LogP contribution in [0.2, 0.25) is 0 Å². The minimum Gasteiger partial charge on any atom is -0.316 e. The molecule has 13 heavy (non-hydrogen) atoms. The lowest BCUT2D eigenvalue weighted by Crippen LogP contribution is -2.12. The largest absolute Gasteiger partial charge is 0.316 e. The summed E-state index contributed by atoms with van der Waals surface area (Å²) < 4.78 is 2.21. The fourth-order valence-corrected chi connectivity index (χ4v) is 1.97. The van der Waals surface area contributed by atoms with Crippen LogP contribution in [0.4, 0.5) is 0 Å². The zero-order valence-electron chi connectivity index (χ0n) is 8.25. The summed E-state index contributed by atoms with van der Waals surface area (Å²) in [5, 5.41) is 11.7. The Hall–Kier alpha value is -0.900. The Morgan fingerprint density at radius 1 is 1.54 bits per heavy atom. The monoisotopic (exact) mass is 180 g/mol. The van der Waals surface area contributed by atoms with Crippen molar-refractivity contribution in [3.8, 4) is 0 Å². The zero-order chi connectivity index (χ0) is 9.26. The highest BCUT2D eigenvalue weighted by molar-refractivity contribution is 5.04. The van der Waals surface area contributed by atoms with E-state index in [0.717, 1.165) is 31.3 Å². The Labute approximate surface area is 78.4 Å². The molecule has 1 atom stereocenters. The second-order valence-electron chi connectivity index (χ2n) is 3.54. The van der Waals surface area contributed by atoms with Crippen molar-refractivity contribution in [1.82, 2.24) is 20.1 Å². The van der Waals surface area contributed by atoms with Crippen LogP contribution in [-0.4, -0.2) is 27.9 Å². The van der Waals surface area contributed by atoms with Crippen LogP contribution < -0.4 is 5.32 Å². The van der Waals surface area contributed by atoms with Crippen LogP contribution in [0.15, 0.2) is 0 Å². The van der Waals surface area contributed by atoms with Crippen molar-refractivity contribution in [3.05, 3.63) is 11.6 Å². The molecule has 1 aromatic rings. The number of hydrogen-bond acceptors (Lipinski definition) is 3. The molecule has 1 unspecified atom stereocenters. The molecule has 1 fully saturated rings. The van der Waals surface area contributed by atoms with Crippen LogP contribution in [0, 0.1) is 6.92 Å². The first-order valence-corrected chi connectivity index (χ1v) is 4.93. The topological polar surface area (TPSA) is 42.7 Å². The minimum absolute atomic E-state index is 0.571. The van der Waals surface area contributed by atoms with Crippen molar-refractivity contribution < 1.29 is 0 Å². The third kappa shape index (κ3) is 1.46. The van der Waals surface area contributed by atoms with Gasteiger partial charge in [0.05, 0.1) is 0 Å². The molecule has 72 valence electrons. The van der Waals surface area contributed by atoms with E-state index < -0.39 is 0 Å². The van der Waals surface area contributed by atoms with Gasteiger partial charge in [-0.1, -0.05) is 0 Å². The van der Waals surface area contributed by atoms with E-state index in [1.165, 1.54) is 6.42 Å². The number of aromatic nitrogens is 3. The van der Waals surface area contributed by atoms with Gasteiger partial charge in [0.25, 0.3) is 0 Å². The van der Waals surface area contributed by atoms with Crippen LogP contribution >= 0.6 is 0 Å². The quantitative estimate of drug-likeness (QED) is 0.728. The van der Waals surface area contributed by atoms with E-state index >= 15 is 0 Å². The van der Waals surface area contributed by atoms with Crippen LogP contribution in [0.25, 0.3) is 0 Å². The number of rotatable bonds is 2. The Kier molecular flexibility index (Phi) is 2.31. The number of hydrogen-bond donors (Lipinski definition) is 1. The predicted molar refractivity (Wildman–Crippen MR) is 50.7 cm³/mol. The van der Waals surface area contributed by atoms with Gasteiger partial charge in [-0.2, -0.15) is 0 Å². The summed E-state index contributed by atoms with van der Waals surface area (Å²) in [7, 11) is 0. The molecule has 2 heterocycles. The maximum absolute atomic E-state index is 4.24. The first-order valence-electron chi connectivity index (χ1n) is 4.93. The van der Waals surface area contributed by atoms with E-state index in [-0.39, 0.29) is 0 Å². The third-order valence-electron chi connectivity index (χ3n) is 2.71. The summed E-state index contributed by atoms with van der Waals surface area (Å²) in [5.41, 5.74) is 0. The molecule has 1 aromatic heterocycles. The molecular weight excluding hydrogens is 164 g/mol. The predicted octanol–water partition coefficient (Wildman–Crippen LogP) is 0.683. The van der Waals surface area contributed by atoms with Gasteiger partial charge < -0.3 is 9.88 Å². The summed E-state index contributed by atoms with van der Waals surface area (Å²) >= 11 is 0. The van der Waals surface area contributed by atoms with Gasteiger partial charge in [-0.15, -0.1) is 10.2 Å². The van der Waals surface area contributed by atoms with Crippen LogP contribution in [0.3, 0.4) is 0 Å². The second kappa shape index (κ2) is 3.46. The highest BCUT2D eigenvalue weighted by atomic mass is 15.3. The Morgan fingerprint density at radius 3 is 3.00 bits per heavy atom. The summed E-state index contributed by atoms with van der Waals surface area (Å²) in [4.78, 5) is 0. The standard InChI is InChI=1S/C9H16N4/c1-3-13-7(2)11-12-9(13)8-4-5-10-6-8/h8,10H,3-6H2,1-2H3. The molecule has 1 N–H and O–H groups in total. The molecule has 4 nitrogen and oxygen atoms in total. The molecular formula is C9H16N4. The van der Waals surface area contributed by atoms with E-state index in [4.69, 9.17) is 0 Å². The van der Waals surface area contributed by atoms with Crippen LogP contribution in [-0.2, 0) is 6.54 Å². The normalized spacial score (nSPS) is 22.5. The van der Waals surface area contributed by atoms with Gasteiger partial charge >= 0.3 is 0 Å². The SMILES string of the molecule is CCn1c(C)nnc1C1CCNC1. The van der Waals surface area contributed by atoms with Crippen molar-refractivity contribution in [2.45, 2.75) is 32.7 Å². The molecule has 0 spiro atoms. The minimum atomic E-state index is 0.571. The Morgan fingerprint density at radius 2 is 2.38 bits per heavy atom. The van der Waals surface area contributed by atoms with Gasteiger partial charge in [-0.3, -0.25) is 0 Å². The second-order valence-corrected chi connectivity index (χ2v) is 3.54. The fraction of sp³-hybridized carbons (Fsp3) is 0.778. The van der Waals surface area contributed by atoms with Gasteiger partial charge in [0, 0.05) is 19.0 Å². The lowest BCUT2D eigenvalue weighted by molar-refractivity contribution is 0.611. The molecule has 1 saturated heterocycles. The van der Waals surface area contributed by atoms with E-state index in [0.29, 0.717) is 5.92 Å². The molecule has 0 bridgehead atoms. The summed E-state index contributed by atoms with van der Waals surface area (Å²) in [6.07, 6.45) is 1.19. The smallest absolute Gasteiger partial charge is 0.137 e. The summed E-state index contributed by atoms with van der Waals surface area (Å²) in [6, 6.07) is 0. The van der Waals surface area contributed by atoms with E-state index in [1.807, 2.05) is 6.92 Å². The Bertz CT molecular complexity index is 286. The maximum Gasteiger partial charge on any atom is 0.137 e. The van der Waals surface area contributed by atoms with Crippen LogP contribution in [0.5, 0.6) is 0 Å². The first-order chi connectivity index (χ1) is 6.33. The van der Waals surface area contributed by atoms with E-state index in [1.54, 1.807) is 0 Å². The lowest BCUT2D eigenvalue weighted by atomic mass is 10.1. The van der Waals surface area contributed by atoms with Crippen molar-refractivity contribution in [2.75, 3.05) is 13.1 Å². The zero-order valence-corrected chi connectivity index (χ0v) is 8.25. The Balaban J connectivity index is 2.27. The number of nitrogens with zero attached hydrogens (tertiary/aromatic N) is 3. The average molecular weight is 180 g/mol. The summed E-state index contributed by atoms with van der Waals surface area (Å²) in [5.74, 6) is 2.76. The highest BCUT2D eigenvalue weighted by Gasteiger charge is 2.22. The molecule has 0 saturated carbocycles. The number of aryl methyl sites for hydroxylation is 1. The highest BCUT2D eigenvalue weighted by Crippen LogP contribution is 2.20. The fourth-order valence-electron chi connectivity index (χ4n) is 1.97. The van der Waals surface area contributed by atoms with Gasteiger partial charge in [0.1, 0.15) is 11.6 Å². The molecule has 1 aliphatic rings. The lowest BCUT2D eigenvalue weighted by Gasteiger charge is -2.09. The third-order valence-corrected chi connectivity index (χ3v) is 2.71. The van der Waals surface area contributed by atoms with Gasteiger partial charge in [0.2, 0.25) is 0 Å². The summed E-state index contributed by atoms with van der Waals surface area (Å²) in [6.45, 7) is 7.30. The number of nitrogens with one attached hydrogen (secondary N) is 1. The van der Waals surface area contributed by atoms with Crippen molar-refractivity contribution in [1.29, 1.82) is 0 Å². The van der Waals surface area contributed by atoms with Crippen molar-refractivity contribution in [3.63, 3.8) is 0 Å². The molecule has 4 heteroatoms. The molecule has 0 radical (unpaired) electrons. The van der Waals surface area contributed by atoms with Crippen LogP contribution in [0.1, 0.15) is 30.9 Å². The van der Waals surface area contributed by atoms with Gasteiger partial charge in [0.15, 0.2) is 0 Å². The average Bonchev–Trinajstić information content (AvgIpc) is 2.71. The van der Waals surface area contributed by atoms with Gasteiger partial charge in [-0.25, -0.2) is 0 Å². The first kappa shape index (κ1) is 8.69. The molecule has 0 aromatic carbocycles. The van der Waals surface area contributed by atoms with Crippen molar-refractivity contribution >= 4 is 0 Å². The molecule has 0 aliphatic carbocycles. The molecule has 2 rings (SSSR count). The van der Waals surface area contributed by atoms with E-state index in [9.17, 15) is 0 Å². The maximum atomic E-state index is 4.24. The molecule has 1 aliphatic heterocycles. The molecule has 0 amide bonds. The van der Waals surface area contributed by atoms with Crippen molar-refractivity contribution in [2.24, 2.45) is 0 Å². The van der Waals surface area contributed by atoms with Gasteiger partial charge in [-0.05, 0) is 26.8 Å². The van der Waals surface area contributed by atoms with E-state index in [2.05, 4.69) is 27.0 Å².